The fourth-order valence-corrected chi connectivity index (χ4v) is 0.463. The van der Waals surface area contributed by atoms with Gasteiger partial charge < -0.3 is 10.1 Å². The monoisotopic (exact) mass is 218 g/mol. The predicted octanol–water partition coefficient (Wildman–Crippen LogP) is 0.710. The van der Waals surface area contributed by atoms with E-state index in [1.165, 1.54) is 6.07 Å². The number of hydrogen-bond acceptors (Lipinski definition) is 1. The molecule has 1 aromatic heterocycles. The molecule has 1 aromatic rings. The van der Waals surface area contributed by atoms with Gasteiger partial charge in [-0.05, 0) is 12.1 Å². The van der Waals surface area contributed by atoms with Crippen molar-refractivity contribution in [3.05, 3.63) is 24.0 Å². The van der Waals surface area contributed by atoms with E-state index in [1.54, 1.807) is 12.3 Å². The van der Waals surface area contributed by atoms with Crippen LogP contribution in [-0.2, 0) is 22.4 Å². The summed E-state index contributed by atoms with van der Waals surface area (Å²) < 4.78 is 0. The first-order valence-corrected chi connectivity index (χ1v) is 2.17. The Balaban J connectivity index is 0.000000640. The molecule has 0 unspecified atom stereocenters. The van der Waals surface area contributed by atoms with Gasteiger partial charge in [-0.3, -0.25) is 0 Å². The third-order valence-electron chi connectivity index (χ3n) is 0.828. The first-order chi connectivity index (χ1) is 3.80. The van der Waals surface area contributed by atoms with Crippen LogP contribution in [0.5, 0.6) is 0 Å². The van der Waals surface area contributed by atoms with E-state index in [9.17, 15) is 4.79 Å². The van der Waals surface area contributed by atoms with Gasteiger partial charge in [0.2, 0.25) is 0 Å². The third kappa shape index (κ3) is 2.05. The van der Waals surface area contributed by atoms with Crippen molar-refractivity contribution < 1.29 is 32.3 Å². The van der Waals surface area contributed by atoms with Crippen LogP contribution in [0, 0.1) is 0 Å². The first-order valence-electron chi connectivity index (χ1n) is 2.17. The van der Waals surface area contributed by atoms with E-state index in [-0.39, 0.29) is 28.1 Å². The molecule has 1 radical (unpaired) electrons. The van der Waals surface area contributed by atoms with Crippen LogP contribution in [0.1, 0.15) is 10.5 Å². The number of aromatic carboxylic acids is 1. The molecule has 0 fully saturated rings. The zero-order chi connectivity index (χ0) is 5.98. The number of carboxylic acids is 1. The van der Waals surface area contributed by atoms with Crippen LogP contribution in [-0.4, -0.2) is 16.1 Å². The molecule has 0 aromatic carbocycles. The Labute approximate surface area is 67.6 Å². The van der Waals surface area contributed by atoms with Gasteiger partial charge >= 0.3 is 5.97 Å². The summed E-state index contributed by atoms with van der Waals surface area (Å²) in [7, 11) is 0. The summed E-state index contributed by atoms with van der Waals surface area (Å²) in [6.45, 7) is 0. The fraction of sp³-hybridized carbons (Fsp3) is 0. The Bertz CT molecular complexity index is 183. The van der Waals surface area contributed by atoms with Gasteiger partial charge in [0.25, 0.3) is 0 Å². The van der Waals surface area contributed by atoms with Crippen molar-refractivity contribution in [1.29, 1.82) is 0 Å². The van der Waals surface area contributed by atoms with Crippen molar-refractivity contribution in [1.82, 2.24) is 4.98 Å². The minimum absolute atomic E-state index is 0. The van der Waals surface area contributed by atoms with Gasteiger partial charge in [-0.2, -0.15) is 0 Å². The summed E-state index contributed by atoms with van der Waals surface area (Å²) in [5, 5.41) is 8.24. The molecule has 0 aliphatic carbocycles. The second kappa shape index (κ2) is 3.50. The number of rotatable bonds is 1. The van der Waals surface area contributed by atoms with E-state index in [2.05, 4.69) is 4.98 Å². The van der Waals surface area contributed by atoms with E-state index in [1.807, 2.05) is 0 Å². The minimum Gasteiger partial charge on any atom is -0.477 e. The van der Waals surface area contributed by atoms with Crippen molar-refractivity contribution in [3.8, 4) is 0 Å². The smallest absolute Gasteiger partial charge is 0.352 e. The fourth-order valence-electron chi connectivity index (χ4n) is 0.463. The third-order valence-corrected chi connectivity index (χ3v) is 0.828. The molecule has 0 saturated carbocycles. The molecule has 0 amide bonds. The SMILES string of the molecule is O=C(O)c1ccc[nH]1.[Ag]. The Morgan fingerprint density at radius 2 is 2.33 bits per heavy atom. The number of aromatic nitrogens is 1. The maximum atomic E-state index is 10.0. The van der Waals surface area contributed by atoms with Crippen LogP contribution >= 0.6 is 0 Å². The van der Waals surface area contributed by atoms with Gasteiger partial charge in [-0.25, -0.2) is 4.79 Å². The molecule has 0 saturated heterocycles. The molecule has 0 atom stereocenters. The number of hydrogen-bond donors (Lipinski definition) is 2. The number of carboxylic acid groups (broad SMARTS) is 1. The van der Waals surface area contributed by atoms with Gasteiger partial charge in [0.15, 0.2) is 0 Å². The number of aromatic amines is 1. The molecule has 0 aliphatic rings. The Kier molecular flexibility index (Phi) is 3.30. The molecule has 2 N–H and O–H groups in total. The Morgan fingerprint density at radius 3 is 2.56 bits per heavy atom. The Morgan fingerprint density at radius 1 is 1.67 bits per heavy atom. The topological polar surface area (TPSA) is 53.1 Å². The molecule has 4 heteroatoms. The largest absolute Gasteiger partial charge is 0.477 e. The summed E-state index contributed by atoms with van der Waals surface area (Å²) in [5.41, 5.74) is 0.227. The van der Waals surface area contributed by atoms with Crippen LogP contribution in [0.4, 0.5) is 0 Å². The quantitative estimate of drug-likeness (QED) is 0.683. The molecule has 0 spiro atoms. The van der Waals surface area contributed by atoms with Crippen LogP contribution in [0.2, 0.25) is 0 Å². The second-order valence-electron chi connectivity index (χ2n) is 1.39. The molecule has 1 rings (SSSR count). The predicted molar refractivity (Wildman–Crippen MR) is 27.8 cm³/mol. The van der Waals surface area contributed by atoms with Crippen LogP contribution in [0.25, 0.3) is 0 Å². The molecule has 53 valence electrons. The maximum absolute atomic E-state index is 10.0. The summed E-state index contributed by atoms with van der Waals surface area (Å²) >= 11 is 0. The van der Waals surface area contributed by atoms with Crippen molar-refractivity contribution in [2.24, 2.45) is 0 Å². The summed E-state index contributed by atoms with van der Waals surface area (Å²) in [4.78, 5) is 12.6. The zero-order valence-corrected chi connectivity index (χ0v) is 5.87. The van der Waals surface area contributed by atoms with Crippen molar-refractivity contribution >= 4 is 5.97 Å². The van der Waals surface area contributed by atoms with Gasteiger partial charge in [0, 0.05) is 28.6 Å². The average Bonchev–Trinajstić information content (AvgIpc) is 2.12. The molecule has 0 aliphatic heterocycles. The van der Waals surface area contributed by atoms with Crippen molar-refractivity contribution in [3.63, 3.8) is 0 Å². The van der Waals surface area contributed by atoms with Crippen LogP contribution in [0.3, 0.4) is 0 Å². The zero-order valence-electron chi connectivity index (χ0n) is 4.39. The summed E-state index contributed by atoms with van der Waals surface area (Å²) in [5.74, 6) is -0.921. The molecule has 3 nitrogen and oxygen atoms in total. The van der Waals surface area contributed by atoms with E-state index in [0.29, 0.717) is 0 Å². The first kappa shape index (κ1) is 8.49. The average molecular weight is 219 g/mol. The second-order valence-corrected chi connectivity index (χ2v) is 1.39. The molecular formula is C5H5AgNO2. The van der Waals surface area contributed by atoms with Gasteiger partial charge in [0.1, 0.15) is 5.69 Å². The van der Waals surface area contributed by atoms with E-state index < -0.39 is 5.97 Å². The minimum atomic E-state index is -0.921. The van der Waals surface area contributed by atoms with Gasteiger partial charge in [-0.1, -0.05) is 0 Å². The molecule has 0 bridgehead atoms. The van der Waals surface area contributed by atoms with Crippen LogP contribution in [0.15, 0.2) is 18.3 Å². The van der Waals surface area contributed by atoms with Crippen molar-refractivity contribution in [2.75, 3.05) is 0 Å². The van der Waals surface area contributed by atoms with Gasteiger partial charge in [-0.15, -0.1) is 0 Å². The molecule has 9 heavy (non-hydrogen) atoms. The molecule has 1 heterocycles. The van der Waals surface area contributed by atoms with E-state index >= 15 is 0 Å². The maximum Gasteiger partial charge on any atom is 0.352 e. The normalized spacial score (nSPS) is 8.00. The summed E-state index contributed by atoms with van der Waals surface area (Å²) in [6.07, 6.45) is 1.57. The van der Waals surface area contributed by atoms with Gasteiger partial charge in [0.05, 0.1) is 0 Å². The Hall–Kier alpha value is -0.510. The van der Waals surface area contributed by atoms with Crippen LogP contribution < -0.4 is 0 Å². The molecular weight excluding hydrogens is 214 g/mol. The van der Waals surface area contributed by atoms with E-state index in [0.717, 1.165) is 0 Å². The standard InChI is InChI=1S/C5H5NO2.Ag/c7-5(8)4-2-1-3-6-4;/h1-3,6H,(H,7,8);. The number of H-pyrrole nitrogens is 1. The van der Waals surface area contributed by atoms with E-state index in [4.69, 9.17) is 5.11 Å². The van der Waals surface area contributed by atoms with Crippen molar-refractivity contribution in [2.45, 2.75) is 0 Å². The number of nitrogens with one attached hydrogen (secondary N) is 1. The number of carbonyl (C=O) groups is 1. The summed E-state index contributed by atoms with van der Waals surface area (Å²) in [6, 6.07) is 3.14.